The molecule has 1 rings (SSSR count). The van der Waals surface area contributed by atoms with Crippen LogP contribution >= 0.6 is 0 Å². The molecule has 0 N–H and O–H groups in total. The van der Waals surface area contributed by atoms with E-state index in [9.17, 15) is 0 Å². The van der Waals surface area contributed by atoms with E-state index in [4.69, 9.17) is 0 Å². The van der Waals surface area contributed by atoms with Gasteiger partial charge >= 0.3 is 0 Å². The lowest BCUT2D eigenvalue weighted by Gasteiger charge is -2.23. The Morgan fingerprint density at radius 1 is 1.23 bits per heavy atom. The summed E-state index contributed by atoms with van der Waals surface area (Å²) in [5.74, 6) is 0.605. The van der Waals surface area contributed by atoms with Gasteiger partial charge in [-0.1, -0.05) is 51.1 Å². The van der Waals surface area contributed by atoms with Crippen LogP contribution in [0.1, 0.15) is 38.7 Å². The molecule has 0 spiro atoms. The molecule has 0 aromatic heterocycles. The number of hydrogen-bond donors (Lipinski definition) is 0. The largest absolute Gasteiger partial charge is 0.0622 e. The van der Waals surface area contributed by atoms with Gasteiger partial charge in [0, 0.05) is 0 Å². The molecule has 1 atom stereocenters. The fraction of sp³-hybridized carbons (Fsp3) is 0.462. The molecular weight excluding hydrogens is 156 g/mol. The quantitative estimate of drug-likeness (QED) is 0.650. The van der Waals surface area contributed by atoms with Gasteiger partial charge in [0.25, 0.3) is 0 Å². The summed E-state index contributed by atoms with van der Waals surface area (Å²) in [4.78, 5) is 0. The summed E-state index contributed by atoms with van der Waals surface area (Å²) in [5.41, 5.74) is 1.59. The van der Waals surface area contributed by atoms with E-state index in [0.29, 0.717) is 5.92 Å². The molecular formula is C13H19. The molecule has 1 radical (unpaired) electrons. The van der Waals surface area contributed by atoms with Crippen LogP contribution in [0.15, 0.2) is 30.3 Å². The highest BCUT2D eigenvalue weighted by atomic mass is 14.2. The summed E-state index contributed by atoms with van der Waals surface area (Å²) in [6.07, 6.45) is 1.14. The third-order valence-electron chi connectivity index (χ3n) is 2.23. The van der Waals surface area contributed by atoms with Gasteiger partial charge in [-0.2, -0.15) is 0 Å². The van der Waals surface area contributed by atoms with Gasteiger partial charge in [-0.15, -0.1) is 0 Å². The molecule has 0 heteroatoms. The van der Waals surface area contributed by atoms with Crippen molar-refractivity contribution in [1.29, 1.82) is 0 Å². The Hall–Kier alpha value is -0.780. The second kappa shape index (κ2) is 3.95. The first-order valence-corrected chi connectivity index (χ1v) is 4.89. The SMILES string of the molecule is [CH2]C(C)(C)CC(C)c1ccccc1. The van der Waals surface area contributed by atoms with Crippen molar-refractivity contribution >= 4 is 0 Å². The van der Waals surface area contributed by atoms with E-state index in [0.717, 1.165) is 6.42 Å². The first kappa shape index (κ1) is 10.3. The maximum Gasteiger partial charge on any atom is -0.0185 e. The molecule has 71 valence electrons. The zero-order valence-corrected chi connectivity index (χ0v) is 8.88. The van der Waals surface area contributed by atoms with Gasteiger partial charge in [0.15, 0.2) is 0 Å². The zero-order valence-electron chi connectivity index (χ0n) is 8.88. The molecule has 0 aliphatic rings. The second-order valence-corrected chi connectivity index (χ2v) is 4.68. The van der Waals surface area contributed by atoms with Gasteiger partial charge in [-0.25, -0.2) is 0 Å². The number of rotatable bonds is 3. The van der Waals surface area contributed by atoms with Crippen LogP contribution in [0, 0.1) is 12.3 Å². The maximum atomic E-state index is 4.14. The fourth-order valence-electron chi connectivity index (χ4n) is 1.73. The lowest BCUT2D eigenvalue weighted by atomic mass is 9.82. The summed E-state index contributed by atoms with van der Waals surface area (Å²) in [7, 11) is 0. The van der Waals surface area contributed by atoms with Gasteiger partial charge in [-0.3, -0.25) is 0 Å². The highest BCUT2D eigenvalue weighted by Gasteiger charge is 2.16. The van der Waals surface area contributed by atoms with Crippen molar-refractivity contribution in [2.45, 2.75) is 33.1 Å². The van der Waals surface area contributed by atoms with Crippen LogP contribution in [0.25, 0.3) is 0 Å². The molecule has 1 unspecified atom stereocenters. The van der Waals surface area contributed by atoms with Gasteiger partial charge in [0.05, 0.1) is 0 Å². The van der Waals surface area contributed by atoms with Crippen molar-refractivity contribution < 1.29 is 0 Å². The molecule has 1 aromatic carbocycles. The predicted molar refractivity (Wildman–Crippen MR) is 58.6 cm³/mol. The Balaban J connectivity index is 2.64. The molecule has 1 aromatic rings. The number of benzene rings is 1. The minimum Gasteiger partial charge on any atom is -0.0622 e. The van der Waals surface area contributed by atoms with Crippen molar-refractivity contribution in [3.8, 4) is 0 Å². The van der Waals surface area contributed by atoms with Crippen molar-refractivity contribution in [3.05, 3.63) is 42.8 Å². The van der Waals surface area contributed by atoms with Crippen molar-refractivity contribution in [1.82, 2.24) is 0 Å². The first-order valence-electron chi connectivity index (χ1n) is 4.89. The average molecular weight is 175 g/mol. The first-order chi connectivity index (χ1) is 5.99. The fourth-order valence-corrected chi connectivity index (χ4v) is 1.73. The van der Waals surface area contributed by atoms with Gasteiger partial charge in [-0.05, 0) is 30.2 Å². The third kappa shape index (κ3) is 3.63. The molecule has 0 aliphatic heterocycles. The van der Waals surface area contributed by atoms with E-state index in [1.807, 2.05) is 0 Å². The van der Waals surface area contributed by atoms with Crippen molar-refractivity contribution in [2.24, 2.45) is 5.41 Å². The smallest absolute Gasteiger partial charge is 0.0185 e. The standard InChI is InChI=1S/C13H19/c1-11(10-13(2,3)4)12-8-6-5-7-9-12/h5-9,11H,2,10H2,1,3-4H3. The monoisotopic (exact) mass is 175 g/mol. The maximum absolute atomic E-state index is 4.14. The molecule has 0 bridgehead atoms. The molecule has 0 aliphatic carbocycles. The van der Waals surface area contributed by atoms with Gasteiger partial charge in [0.2, 0.25) is 0 Å². The van der Waals surface area contributed by atoms with Crippen LogP contribution in [0.4, 0.5) is 0 Å². The van der Waals surface area contributed by atoms with E-state index >= 15 is 0 Å². The topological polar surface area (TPSA) is 0 Å². The van der Waals surface area contributed by atoms with E-state index in [1.165, 1.54) is 5.56 Å². The summed E-state index contributed by atoms with van der Waals surface area (Å²) < 4.78 is 0. The van der Waals surface area contributed by atoms with Crippen LogP contribution in [-0.4, -0.2) is 0 Å². The van der Waals surface area contributed by atoms with Crippen LogP contribution in [0.2, 0.25) is 0 Å². The minimum atomic E-state index is 0.176. The second-order valence-electron chi connectivity index (χ2n) is 4.68. The summed E-state index contributed by atoms with van der Waals surface area (Å²) in [5, 5.41) is 0. The lowest BCUT2D eigenvalue weighted by Crippen LogP contribution is -2.10. The Labute approximate surface area is 82.0 Å². The normalized spacial score (nSPS) is 14.2. The van der Waals surface area contributed by atoms with E-state index < -0.39 is 0 Å². The van der Waals surface area contributed by atoms with E-state index in [-0.39, 0.29) is 5.41 Å². The molecule has 0 heterocycles. The van der Waals surface area contributed by atoms with Gasteiger partial charge < -0.3 is 0 Å². The summed E-state index contributed by atoms with van der Waals surface area (Å²) in [6.45, 7) is 10.8. The zero-order chi connectivity index (χ0) is 9.90. The van der Waals surface area contributed by atoms with Crippen LogP contribution in [0.3, 0.4) is 0 Å². The van der Waals surface area contributed by atoms with Gasteiger partial charge in [0.1, 0.15) is 0 Å². The van der Waals surface area contributed by atoms with Crippen LogP contribution < -0.4 is 0 Å². The summed E-state index contributed by atoms with van der Waals surface area (Å²) >= 11 is 0. The van der Waals surface area contributed by atoms with Crippen LogP contribution in [-0.2, 0) is 0 Å². The highest BCUT2D eigenvalue weighted by molar-refractivity contribution is 5.19. The Morgan fingerprint density at radius 3 is 2.23 bits per heavy atom. The highest BCUT2D eigenvalue weighted by Crippen LogP contribution is 2.29. The van der Waals surface area contributed by atoms with Crippen molar-refractivity contribution in [3.63, 3.8) is 0 Å². The Morgan fingerprint density at radius 2 is 1.77 bits per heavy atom. The van der Waals surface area contributed by atoms with Crippen molar-refractivity contribution in [2.75, 3.05) is 0 Å². The number of hydrogen-bond acceptors (Lipinski definition) is 0. The average Bonchev–Trinajstić information content (AvgIpc) is 2.03. The molecule has 13 heavy (non-hydrogen) atoms. The lowest BCUT2D eigenvalue weighted by molar-refractivity contribution is 0.397. The molecule has 0 amide bonds. The van der Waals surface area contributed by atoms with E-state index in [2.05, 4.69) is 58.0 Å². The third-order valence-corrected chi connectivity index (χ3v) is 2.23. The van der Waals surface area contributed by atoms with E-state index in [1.54, 1.807) is 0 Å². The molecule has 0 saturated carbocycles. The molecule has 0 fully saturated rings. The van der Waals surface area contributed by atoms with Crippen LogP contribution in [0.5, 0.6) is 0 Å². The molecule has 0 saturated heterocycles. The summed E-state index contributed by atoms with van der Waals surface area (Å²) in [6, 6.07) is 10.6. The predicted octanol–water partition coefficient (Wildman–Crippen LogP) is 4.04. The molecule has 0 nitrogen and oxygen atoms in total. The Kier molecular flexibility index (Phi) is 3.13. The minimum absolute atomic E-state index is 0.176. The Bertz CT molecular complexity index is 240.